The average molecular weight is 352 g/mol. The zero-order chi connectivity index (χ0) is 17.6. The number of hydrogen-bond acceptors (Lipinski definition) is 4. The van der Waals surface area contributed by atoms with E-state index in [1.54, 1.807) is 26.0 Å². The molecule has 4 heteroatoms. The van der Waals surface area contributed by atoms with Crippen molar-refractivity contribution in [3.63, 3.8) is 0 Å². The van der Waals surface area contributed by atoms with E-state index in [4.69, 9.17) is 14.2 Å². The molecule has 0 atom stereocenters. The van der Waals surface area contributed by atoms with Crippen molar-refractivity contribution in [3.8, 4) is 23.0 Å². The highest BCUT2D eigenvalue weighted by Crippen LogP contribution is 2.41. The quantitative estimate of drug-likeness (QED) is 0.547. The van der Waals surface area contributed by atoms with Crippen LogP contribution in [0.4, 0.5) is 0 Å². The maximum Gasteiger partial charge on any atom is 0.169 e. The maximum atomic E-state index is 5.97. The van der Waals surface area contributed by atoms with Crippen LogP contribution in [0.1, 0.15) is 5.56 Å². The van der Waals surface area contributed by atoms with Crippen molar-refractivity contribution < 1.29 is 14.2 Å². The predicted molar refractivity (Wildman–Crippen MR) is 101 cm³/mol. The van der Waals surface area contributed by atoms with E-state index < -0.39 is 0 Å². The van der Waals surface area contributed by atoms with Gasteiger partial charge >= 0.3 is 0 Å². The summed E-state index contributed by atoms with van der Waals surface area (Å²) in [5.74, 6) is 3.09. The lowest BCUT2D eigenvalue weighted by atomic mass is 10.2. The minimum absolute atomic E-state index is 0.709. The Labute approximate surface area is 152 Å². The number of benzene rings is 3. The SMILES string of the molecule is COc1cccc(Sc2ccc(Oc3ccccc3)c(OC)c2C)c1. The predicted octanol–water partition coefficient (Wildman–Crippen LogP) is 5.96. The van der Waals surface area contributed by atoms with E-state index in [1.807, 2.05) is 61.5 Å². The Morgan fingerprint density at radius 1 is 0.760 bits per heavy atom. The topological polar surface area (TPSA) is 27.7 Å². The summed E-state index contributed by atoms with van der Waals surface area (Å²) in [4.78, 5) is 2.23. The molecule has 128 valence electrons. The maximum absolute atomic E-state index is 5.97. The van der Waals surface area contributed by atoms with Crippen molar-refractivity contribution in [2.75, 3.05) is 14.2 Å². The van der Waals surface area contributed by atoms with E-state index in [9.17, 15) is 0 Å². The van der Waals surface area contributed by atoms with Crippen molar-refractivity contribution in [2.24, 2.45) is 0 Å². The number of ether oxygens (including phenoxy) is 3. The molecule has 0 saturated carbocycles. The Kier molecular flexibility index (Phi) is 5.51. The lowest BCUT2D eigenvalue weighted by Crippen LogP contribution is -1.94. The lowest BCUT2D eigenvalue weighted by molar-refractivity contribution is 0.375. The molecule has 3 aromatic carbocycles. The van der Waals surface area contributed by atoms with Crippen LogP contribution >= 0.6 is 11.8 Å². The van der Waals surface area contributed by atoms with Crippen LogP contribution in [0.2, 0.25) is 0 Å². The summed E-state index contributed by atoms with van der Waals surface area (Å²) in [6, 6.07) is 21.7. The van der Waals surface area contributed by atoms with Gasteiger partial charge in [-0.1, -0.05) is 36.0 Å². The Morgan fingerprint density at radius 2 is 1.52 bits per heavy atom. The Hall–Kier alpha value is -2.59. The summed E-state index contributed by atoms with van der Waals surface area (Å²) < 4.78 is 16.9. The second-order valence-electron chi connectivity index (χ2n) is 5.42. The number of hydrogen-bond donors (Lipinski definition) is 0. The van der Waals surface area contributed by atoms with Crippen molar-refractivity contribution in [3.05, 3.63) is 72.3 Å². The van der Waals surface area contributed by atoms with Crippen LogP contribution in [0.15, 0.2) is 76.5 Å². The molecule has 0 aromatic heterocycles. The molecule has 0 radical (unpaired) electrons. The Bertz CT molecular complexity index is 847. The molecule has 3 aromatic rings. The van der Waals surface area contributed by atoms with Gasteiger partial charge in [0.2, 0.25) is 0 Å². The zero-order valence-electron chi connectivity index (χ0n) is 14.5. The summed E-state index contributed by atoms with van der Waals surface area (Å²) in [6.45, 7) is 2.04. The van der Waals surface area contributed by atoms with Gasteiger partial charge in [-0.2, -0.15) is 0 Å². The molecule has 0 N–H and O–H groups in total. The van der Waals surface area contributed by atoms with E-state index >= 15 is 0 Å². The molecule has 0 aliphatic rings. The zero-order valence-corrected chi connectivity index (χ0v) is 15.3. The molecule has 0 spiro atoms. The van der Waals surface area contributed by atoms with Crippen LogP contribution in [-0.2, 0) is 0 Å². The molecule has 0 unspecified atom stereocenters. The third kappa shape index (κ3) is 4.09. The highest BCUT2D eigenvalue weighted by Gasteiger charge is 2.14. The normalized spacial score (nSPS) is 10.4. The Morgan fingerprint density at radius 3 is 2.24 bits per heavy atom. The summed E-state index contributed by atoms with van der Waals surface area (Å²) >= 11 is 1.67. The second-order valence-corrected chi connectivity index (χ2v) is 6.53. The fraction of sp³-hybridized carbons (Fsp3) is 0.143. The first-order valence-corrected chi connectivity index (χ1v) is 8.75. The second kappa shape index (κ2) is 7.99. The van der Waals surface area contributed by atoms with Gasteiger partial charge in [-0.05, 0) is 49.4 Å². The minimum atomic E-state index is 0.709. The molecular formula is C21H20O3S. The van der Waals surface area contributed by atoms with Crippen LogP contribution in [0, 0.1) is 6.92 Å². The van der Waals surface area contributed by atoms with Crippen molar-refractivity contribution in [2.45, 2.75) is 16.7 Å². The molecule has 25 heavy (non-hydrogen) atoms. The molecule has 3 rings (SSSR count). The van der Waals surface area contributed by atoms with E-state index in [-0.39, 0.29) is 0 Å². The van der Waals surface area contributed by atoms with Crippen LogP contribution < -0.4 is 14.2 Å². The van der Waals surface area contributed by atoms with Gasteiger partial charge < -0.3 is 14.2 Å². The summed E-state index contributed by atoms with van der Waals surface area (Å²) in [7, 11) is 3.34. The van der Waals surface area contributed by atoms with Gasteiger partial charge in [0.15, 0.2) is 11.5 Å². The van der Waals surface area contributed by atoms with Gasteiger partial charge in [-0.3, -0.25) is 0 Å². The van der Waals surface area contributed by atoms with Gasteiger partial charge in [-0.25, -0.2) is 0 Å². The fourth-order valence-corrected chi connectivity index (χ4v) is 3.46. The van der Waals surface area contributed by atoms with Crippen LogP contribution in [-0.4, -0.2) is 14.2 Å². The molecule has 0 saturated heterocycles. The third-order valence-corrected chi connectivity index (χ3v) is 4.92. The number of methoxy groups -OCH3 is 2. The minimum Gasteiger partial charge on any atom is -0.497 e. The number of para-hydroxylation sites is 1. The highest BCUT2D eigenvalue weighted by atomic mass is 32.2. The monoisotopic (exact) mass is 352 g/mol. The summed E-state index contributed by atoms with van der Waals surface area (Å²) in [6.07, 6.45) is 0. The molecule has 0 aliphatic carbocycles. The van der Waals surface area contributed by atoms with Crippen LogP contribution in [0.25, 0.3) is 0 Å². The summed E-state index contributed by atoms with van der Waals surface area (Å²) in [5.41, 5.74) is 1.05. The molecule has 0 bridgehead atoms. The molecule has 0 heterocycles. The lowest BCUT2D eigenvalue weighted by Gasteiger charge is -2.15. The molecular weight excluding hydrogens is 332 g/mol. The first kappa shape index (κ1) is 17.2. The first-order valence-electron chi connectivity index (χ1n) is 7.93. The fourth-order valence-electron chi connectivity index (χ4n) is 2.50. The number of rotatable bonds is 6. The molecule has 0 fully saturated rings. The van der Waals surface area contributed by atoms with E-state index in [0.717, 1.165) is 32.6 Å². The average Bonchev–Trinajstić information content (AvgIpc) is 2.65. The smallest absolute Gasteiger partial charge is 0.169 e. The van der Waals surface area contributed by atoms with E-state index in [0.29, 0.717) is 5.75 Å². The van der Waals surface area contributed by atoms with Gasteiger partial charge in [0, 0.05) is 15.4 Å². The molecule has 0 aliphatic heterocycles. The van der Waals surface area contributed by atoms with Gasteiger partial charge in [0.1, 0.15) is 11.5 Å². The van der Waals surface area contributed by atoms with Crippen molar-refractivity contribution >= 4 is 11.8 Å². The van der Waals surface area contributed by atoms with Gasteiger partial charge in [0.05, 0.1) is 14.2 Å². The standard InChI is InChI=1S/C21H20O3S/c1-15-20(25-18-11-7-10-17(14-18)22-2)13-12-19(21(15)23-3)24-16-8-5-4-6-9-16/h4-14H,1-3H3. The van der Waals surface area contributed by atoms with Crippen molar-refractivity contribution in [1.29, 1.82) is 0 Å². The largest absolute Gasteiger partial charge is 0.497 e. The van der Waals surface area contributed by atoms with Crippen LogP contribution in [0.5, 0.6) is 23.0 Å². The molecule has 3 nitrogen and oxygen atoms in total. The van der Waals surface area contributed by atoms with E-state index in [1.165, 1.54) is 0 Å². The van der Waals surface area contributed by atoms with Gasteiger partial charge in [0.25, 0.3) is 0 Å². The summed E-state index contributed by atoms with van der Waals surface area (Å²) in [5, 5.41) is 0. The third-order valence-electron chi connectivity index (χ3n) is 3.76. The van der Waals surface area contributed by atoms with Crippen LogP contribution in [0.3, 0.4) is 0 Å². The first-order chi connectivity index (χ1) is 12.2. The Balaban J connectivity index is 1.89. The van der Waals surface area contributed by atoms with E-state index in [2.05, 4.69) is 12.1 Å². The van der Waals surface area contributed by atoms with Gasteiger partial charge in [-0.15, -0.1) is 0 Å². The van der Waals surface area contributed by atoms with Crippen molar-refractivity contribution in [1.82, 2.24) is 0 Å². The molecule has 0 amide bonds. The highest BCUT2D eigenvalue weighted by molar-refractivity contribution is 7.99.